The molecule has 2 heterocycles. The average Bonchev–Trinajstić information content (AvgIpc) is 2.74. The van der Waals surface area contributed by atoms with Crippen LogP contribution in [0.5, 0.6) is 0 Å². The molecule has 1 aromatic heterocycles. The molecule has 8 heteroatoms. The summed E-state index contributed by atoms with van der Waals surface area (Å²) in [6.07, 6.45) is 0.192. The Hall–Kier alpha value is -1.96. The van der Waals surface area contributed by atoms with Crippen LogP contribution in [0.4, 0.5) is 5.13 Å². The first kappa shape index (κ1) is 15.4. The summed E-state index contributed by atoms with van der Waals surface area (Å²) in [4.78, 5) is 41.6. The fraction of sp³-hybridized carbons (Fsp3) is 0.538. The van der Waals surface area contributed by atoms with Crippen LogP contribution in [0.3, 0.4) is 0 Å². The van der Waals surface area contributed by atoms with Gasteiger partial charge in [-0.1, -0.05) is 0 Å². The Balaban J connectivity index is 1.78. The Morgan fingerprint density at radius 3 is 2.76 bits per heavy atom. The minimum atomic E-state index is -0.237. The molecule has 0 saturated carbocycles. The summed E-state index contributed by atoms with van der Waals surface area (Å²) in [7, 11) is 0. The van der Waals surface area contributed by atoms with Gasteiger partial charge in [0.25, 0.3) is 0 Å². The summed E-state index contributed by atoms with van der Waals surface area (Å²) >= 11 is 1.41. The first-order valence-corrected chi connectivity index (χ1v) is 7.55. The molecule has 21 heavy (non-hydrogen) atoms. The highest BCUT2D eigenvalue weighted by atomic mass is 32.1. The molecule has 0 radical (unpaired) electrons. The molecule has 3 amide bonds. The summed E-state index contributed by atoms with van der Waals surface area (Å²) in [5, 5.41) is 5.90. The van der Waals surface area contributed by atoms with Gasteiger partial charge in [0, 0.05) is 30.8 Å². The van der Waals surface area contributed by atoms with Crippen LogP contribution in [0.2, 0.25) is 0 Å². The van der Waals surface area contributed by atoms with E-state index in [4.69, 9.17) is 0 Å². The highest BCUT2D eigenvalue weighted by Crippen LogP contribution is 2.21. The van der Waals surface area contributed by atoms with Crippen molar-refractivity contribution in [2.24, 2.45) is 0 Å². The number of piperazine rings is 1. The van der Waals surface area contributed by atoms with Crippen molar-refractivity contribution in [2.45, 2.75) is 26.7 Å². The number of amides is 3. The van der Waals surface area contributed by atoms with Crippen molar-refractivity contribution in [3.05, 3.63) is 10.6 Å². The maximum atomic E-state index is 11.9. The van der Waals surface area contributed by atoms with E-state index in [-0.39, 0.29) is 37.1 Å². The number of hydrogen-bond acceptors (Lipinski definition) is 5. The Labute approximate surface area is 126 Å². The van der Waals surface area contributed by atoms with Gasteiger partial charge in [0.2, 0.25) is 17.7 Å². The highest BCUT2D eigenvalue weighted by Gasteiger charge is 2.21. The zero-order valence-corrected chi connectivity index (χ0v) is 12.9. The van der Waals surface area contributed by atoms with Gasteiger partial charge in [0.15, 0.2) is 5.13 Å². The molecule has 1 saturated heterocycles. The van der Waals surface area contributed by atoms with Crippen LogP contribution in [0.1, 0.15) is 23.4 Å². The zero-order chi connectivity index (χ0) is 15.4. The summed E-state index contributed by atoms with van der Waals surface area (Å²) in [6, 6.07) is 0. The van der Waals surface area contributed by atoms with E-state index in [0.29, 0.717) is 18.2 Å². The lowest BCUT2D eigenvalue weighted by Crippen LogP contribution is -2.50. The third kappa shape index (κ3) is 4.25. The Morgan fingerprint density at radius 2 is 2.14 bits per heavy atom. The van der Waals surface area contributed by atoms with Crippen molar-refractivity contribution >= 4 is 34.2 Å². The normalized spacial score (nSPS) is 14.8. The molecular weight excluding hydrogens is 292 g/mol. The lowest BCUT2D eigenvalue weighted by Gasteiger charge is -2.26. The fourth-order valence-corrected chi connectivity index (χ4v) is 2.77. The number of aryl methyl sites for hydroxylation is 2. The monoisotopic (exact) mass is 310 g/mol. The molecule has 0 aromatic carbocycles. The molecule has 1 aromatic rings. The Kier molecular flexibility index (Phi) is 4.89. The van der Waals surface area contributed by atoms with E-state index in [2.05, 4.69) is 15.6 Å². The molecule has 1 aliphatic rings. The molecule has 0 bridgehead atoms. The van der Waals surface area contributed by atoms with Crippen molar-refractivity contribution in [1.82, 2.24) is 15.2 Å². The van der Waals surface area contributed by atoms with E-state index < -0.39 is 0 Å². The number of thiazole rings is 1. The largest absolute Gasteiger partial charge is 0.353 e. The highest BCUT2D eigenvalue weighted by molar-refractivity contribution is 7.15. The van der Waals surface area contributed by atoms with Crippen LogP contribution in [-0.4, -0.2) is 47.2 Å². The number of nitrogens with one attached hydrogen (secondary N) is 2. The van der Waals surface area contributed by atoms with Crippen LogP contribution in [0.25, 0.3) is 0 Å². The number of carbonyl (C=O) groups is 3. The molecule has 0 aliphatic carbocycles. The lowest BCUT2D eigenvalue weighted by atomic mass is 10.2. The lowest BCUT2D eigenvalue weighted by molar-refractivity contribution is -0.138. The topological polar surface area (TPSA) is 91.4 Å². The summed E-state index contributed by atoms with van der Waals surface area (Å²) in [5.74, 6) is -0.571. The van der Waals surface area contributed by atoms with Gasteiger partial charge in [-0.05, 0) is 13.8 Å². The summed E-state index contributed by atoms with van der Waals surface area (Å²) in [6.45, 7) is 4.86. The SMILES string of the molecule is Cc1nc(NC(=O)CCC(=O)N2CCNC(=O)C2)sc1C. The third-order valence-corrected chi connectivity index (χ3v) is 4.22. The van der Waals surface area contributed by atoms with E-state index in [9.17, 15) is 14.4 Å². The van der Waals surface area contributed by atoms with Crippen LogP contribution in [-0.2, 0) is 14.4 Å². The number of hydrogen-bond donors (Lipinski definition) is 2. The van der Waals surface area contributed by atoms with Gasteiger partial charge >= 0.3 is 0 Å². The smallest absolute Gasteiger partial charge is 0.239 e. The standard InChI is InChI=1S/C13H18N4O3S/c1-8-9(2)21-13(15-8)16-10(18)3-4-12(20)17-6-5-14-11(19)7-17/h3-7H2,1-2H3,(H,14,19)(H,15,16,18). The number of carbonyl (C=O) groups excluding carboxylic acids is 3. The molecule has 2 rings (SSSR count). The van der Waals surface area contributed by atoms with Crippen LogP contribution >= 0.6 is 11.3 Å². The quantitative estimate of drug-likeness (QED) is 0.844. The minimum absolute atomic E-state index is 0.0747. The second-order valence-electron chi connectivity index (χ2n) is 4.87. The summed E-state index contributed by atoms with van der Waals surface area (Å²) < 4.78 is 0. The maximum absolute atomic E-state index is 11.9. The number of rotatable bonds is 4. The van der Waals surface area contributed by atoms with Gasteiger partial charge in [-0.3, -0.25) is 14.4 Å². The second kappa shape index (κ2) is 6.66. The molecule has 1 aliphatic heterocycles. The van der Waals surface area contributed by atoms with Crippen LogP contribution in [0, 0.1) is 13.8 Å². The van der Waals surface area contributed by atoms with E-state index in [1.165, 1.54) is 16.2 Å². The van der Waals surface area contributed by atoms with E-state index in [1.54, 1.807) is 0 Å². The predicted molar refractivity (Wildman–Crippen MR) is 79.0 cm³/mol. The Morgan fingerprint density at radius 1 is 1.38 bits per heavy atom. The maximum Gasteiger partial charge on any atom is 0.239 e. The van der Waals surface area contributed by atoms with Gasteiger partial charge in [-0.15, -0.1) is 11.3 Å². The first-order chi connectivity index (χ1) is 9.95. The second-order valence-corrected chi connectivity index (χ2v) is 6.08. The number of nitrogens with zero attached hydrogens (tertiary/aromatic N) is 2. The molecular formula is C13H18N4O3S. The molecule has 1 fully saturated rings. The van der Waals surface area contributed by atoms with Crippen LogP contribution in [0.15, 0.2) is 0 Å². The van der Waals surface area contributed by atoms with Crippen molar-refractivity contribution in [3.63, 3.8) is 0 Å². The number of aromatic nitrogens is 1. The van der Waals surface area contributed by atoms with Crippen molar-refractivity contribution in [2.75, 3.05) is 25.0 Å². The zero-order valence-electron chi connectivity index (χ0n) is 12.1. The van der Waals surface area contributed by atoms with Gasteiger partial charge in [0.05, 0.1) is 12.2 Å². The average molecular weight is 310 g/mol. The molecule has 0 atom stereocenters. The van der Waals surface area contributed by atoms with Crippen molar-refractivity contribution < 1.29 is 14.4 Å². The van der Waals surface area contributed by atoms with Crippen LogP contribution < -0.4 is 10.6 Å². The third-order valence-electron chi connectivity index (χ3n) is 3.23. The molecule has 114 valence electrons. The van der Waals surface area contributed by atoms with E-state index in [0.717, 1.165) is 10.6 Å². The van der Waals surface area contributed by atoms with Gasteiger partial charge in [-0.2, -0.15) is 0 Å². The predicted octanol–water partition coefficient (Wildman–Crippen LogP) is 0.437. The van der Waals surface area contributed by atoms with Gasteiger partial charge < -0.3 is 15.5 Å². The van der Waals surface area contributed by atoms with E-state index >= 15 is 0 Å². The first-order valence-electron chi connectivity index (χ1n) is 6.74. The van der Waals surface area contributed by atoms with E-state index in [1.807, 2.05) is 13.8 Å². The molecule has 7 nitrogen and oxygen atoms in total. The summed E-state index contributed by atoms with van der Waals surface area (Å²) in [5.41, 5.74) is 0.894. The Bertz CT molecular complexity index is 550. The number of anilines is 1. The van der Waals surface area contributed by atoms with Gasteiger partial charge in [0.1, 0.15) is 0 Å². The van der Waals surface area contributed by atoms with Gasteiger partial charge in [-0.25, -0.2) is 4.98 Å². The van der Waals surface area contributed by atoms with Crippen molar-refractivity contribution in [1.29, 1.82) is 0 Å². The molecule has 0 unspecified atom stereocenters. The fourth-order valence-electron chi connectivity index (χ4n) is 1.94. The minimum Gasteiger partial charge on any atom is -0.353 e. The molecule has 2 N–H and O–H groups in total. The van der Waals surface area contributed by atoms with Crippen molar-refractivity contribution in [3.8, 4) is 0 Å². The molecule has 0 spiro atoms.